The van der Waals surface area contributed by atoms with Crippen LogP contribution in [-0.2, 0) is 11.3 Å². The molecule has 0 unspecified atom stereocenters. The minimum atomic E-state index is -0.298. The van der Waals surface area contributed by atoms with E-state index in [0.29, 0.717) is 17.8 Å². The highest BCUT2D eigenvalue weighted by molar-refractivity contribution is 5.95. The molecule has 0 bridgehead atoms. The zero-order chi connectivity index (χ0) is 18.2. The number of nitrogens with one attached hydrogen (secondary N) is 2. The van der Waals surface area contributed by atoms with Crippen LogP contribution in [0.15, 0.2) is 47.4 Å². The number of unbranched alkanes of at least 4 members (excludes halogenated alkanes) is 1. The summed E-state index contributed by atoms with van der Waals surface area (Å²) in [5.41, 5.74) is 1.81. The summed E-state index contributed by atoms with van der Waals surface area (Å²) in [6, 6.07) is 9.82. The van der Waals surface area contributed by atoms with Gasteiger partial charge in [0.05, 0.1) is 0 Å². The van der Waals surface area contributed by atoms with E-state index in [1.807, 2.05) is 6.92 Å². The molecule has 0 aliphatic rings. The Kier molecular flexibility index (Phi) is 6.51. The van der Waals surface area contributed by atoms with E-state index in [-0.39, 0.29) is 23.9 Å². The zero-order valence-electron chi connectivity index (χ0n) is 14.5. The average molecular weight is 341 g/mol. The van der Waals surface area contributed by atoms with Gasteiger partial charge in [0, 0.05) is 30.1 Å². The zero-order valence-corrected chi connectivity index (χ0v) is 14.5. The Balaban J connectivity index is 1.94. The van der Waals surface area contributed by atoms with Crippen LogP contribution in [0.3, 0.4) is 0 Å². The SMILES string of the molecule is CCCCNC(=O)c1ccc(NC(=O)Cn2cc(C)ccc2=O)cc1. The van der Waals surface area contributed by atoms with E-state index >= 15 is 0 Å². The summed E-state index contributed by atoms with van der Waals surface area (Å²) in [7, 11) is 0. The number of amides is 2. The molecule has 0 spiro atoms. The van der Waals surface area contributed by atoms with E-state index in [4.69, 9.17) is 0 Å². The fraction of sp³-hybridized carbons (Fsp3) is 0.316. The molecule has 6 nitrogen and oxygen atoms in total. The van der Waals surface area contributed by atoms with Crippen molar-refractivity contribution in [2.75, 3.05) is 11.9 Å². The maximum atomic E-state index is 12.1. The number of anilines is 1. The largest absolute Gasteiger partial charge is 0.352 e. The number of carbonyl (C=O) groups excluding carboxylic acids is 2. The predicted octanol–water partition coefficient (Wildman–Crippen LogP) is 2.33. The average Bonchev–Trinajstić information content (AvgIpc) is 2.59. The Morgan fingerprint density at radius 3 is 2.48 bits per heavy atom. The van der Waals surface area contributed by atoms with Crippen molar-refractivity contribution < 1.29 is 9.59 Å². The molecular formula is C19H23N3O3. The van der Waals surface area contributed by atoms with Crippen molar-refractivity contribution in [3.8, 4) is 0 Å². The number of aromatic nitrogens is 1. The summed E-state index contributed by atoms with van der Waals surface area (Å²) in [5.74, 6) is -0.425. The number of hydrogen-bond acceptors (Lipinski definition) is 3. The summed E-state index contributed by atoms with van der Waals surface area (Å²) in [4.78, 5) is 35.7. The molecule has 0 fully saturated rings. The molecule has 2 amide bonds. The molecule has 1 aromatic carbocycles. The molecule has 25 heavy (non-hydrogen) atoms. The van der Waals surface area contributed by atoms with Gasteiger partial charge in [0.25, 0.3) is 11.5 Å². The molecule has 0 aliphatic carbocycles. The van der Waals surface area contributed by atoms with Crippen molar-refractivity contribution in [2.45, 2.75) is 33.2 Å². The van der Waals surface area contributed by atoms with Crippen LogP contribution >= 0.6 is 0 Å². The van der Waals surface area contributed by atoms with Gasteiger partial charge in [0.15, 0.2) is 0 Å². The third-order valence-electron chi connectivity index (χ3n) is 3.69. The first-order valence-electron chi connectivity index (χ1n) is 8.35. The summed E-state index contributed by atoms with van der Waals surface area (Å²) >= 11 is 0. The van der Waals surface area contributed by atoms with Gasteiger partial charge in [-0.1, -0.05) is 19.4 Å². The van der Waals surface area contributed by atoms with E-state index in [1.54, 1.807) is 36.5 Å². The molecule has 1 aromatic heterocycles. The second kappa shape index (κ2) is 8.82. The van der Waals surface area contributed by atoms with Crippen molar-refractivity contribution in [1.82, 2.24) is 9.88 Å². The lowest BCUT2D eigenvalue weighted by molar-refractivity contribution is -0.116. The smallest absolute Gasteiger partial charge is 0.251 e. The molecular weight excluding hydrogens is 318 g/mol. The third kappa shape index (κ3) is 5.60. The Morgan fingerprint density at radius 1 is 1.08 bits per heavy atom. The molecule has 0 atom stereocenters. The van der Waals surface area contributed by atoms with Crippen molar-refractivity contribution in [3.05, 3.63) is 64.1 Å². The van der Waals surface area contributed by atoms with E-state index in [1.165, 1.54) is 10.6 Å². The molecule has 0 aliphatic heterocycles. The summed E-state index contributed by atoms with van der Waals surface area (Å²) in [6.45, 7) is 4.52. The van der Waals surface area contributed by atoms with Gasteiger partial charge >= 0.3 is 0 Å². The number of hydrogen-bond donors (Lipinski definition) is 2. The molecule has 6 heteroatoms. The summed E-state index contributed by atoms with van der Waals surface area (Å²) < 4.78 is 1.36. The van der Waals surface area contributed by atoms with Crippen molar-refractivity contribution >= 4 is 17.5 Å². The predicted molar refractivity (Wildman–Crippen MR) is 97.8 cm³/mol. The van der Waals surface area contributed by atoms with Gasteiger partial charge in [0.1, 0.15) is 6.54 Å². The van der Waals surface area contributed by atoms with Crippen LogP contribution in [0.1, 0.15) is 35.7 Å². The van der Waals surface area contributed by atoms with Gasteiger partial charge < -0.3 is 15.2 Å². The third-order valence-corrected chi connectivity index (χ3v) is 3.69. The Bertz CT molecular complexity index is 794. The Hall–Kier alpha value is -2.89. The molecule has 2 N–H and O–H groups in total. The van der Waals surface area contributed by atoms with E-state index in [9.17, 15) is 14.4 Å². The van der Waals surface area contributed by atoms with Crippen LogP contribution in [0.4, 0.5) is 5.69 Å². The van der Waals surface area contributed by atoms with Crippen LogP contribution in [0, 0.1) is 6.92 Å². The molecule has 132 valence electrons. The highest BCUT2D eigenvalue weighted by Gasteiger charge is 2.07. The summed E-state index contributed by atoms with van der Waals surface area (Å²) in [5, 5.41) is 5.57. The minimum absolute atomic E-state index is 0.0558. The topological polar surface area (TPSA) is 80.2 Å². The van der Waals surface area contributed by atoms with Crippen LogP contribution < -0.4 is 16.2 Å². The molecule has 0 radical (unpaired) electrons. The van der Waals surface area contributed by atoms with Crippen LogP contribution in [0.2, 0.25) is 0 Å². The number of nitrogens with zero attached hydrogens (tertiary/aromatic N) is 1. The van der Waals surface area contributed by atoms with E-state index in [2.05, 4.69) is 17.6 Å². The van der Waals surface area contributed by atoms with Crippen molar-refractivity contribution in [3.63, 3.8) is 0 Å². The minimum Gasteiger partial charge on any atom is -0.352 e. The lowest BCUT2D eigenvalue weighted by Crippen LogP contribution is -2.27. The lowest BCUT2D eigenvalue weighted by Gasteiger charge is -2.09. The standard InChI is InChI=1S/C19H23N3O3/c1-3-4-11-20-19(25)15-6-8-16(9-7-15)21-17(23)13-22-12-14(2)5-10-18(22)24/h5-10,12H,3-4,11,13H2,1-2H3,(H,20,25)(H,21,23). The highest BCUT2D eigenvalue weighted by Crippen LogP contribution is 2.10. The monoisotopic (exact) mass is 341 g/mol. The van der Waals surface area contributed by atoms with E-state index in [0.717, 1.165) is 18.4 Å². The van der Waals surface area contributed by atoms with Crippen LogP contribution in [0.5, 0.6) is 0 Å². The molecule has 0 saturated heterocycles. The van der Waals surface area contributed by atoms with Crippen LogP contribution in [0.25, 0.3) is 0 Å². The van der Waals surface area contributed by atoms with Gasteiger partial charge in [-0.3, -0.25) is 14.4 Å². The second-order valence-corrected chi connectivity index (χ2v) is 5.91. The van der Waals surface area contributed by atoms with Gasteiger partial charge in [-0.25, -0.2) is 0 Å². The normalized spacial score (nSPS) is 10.3. The quantitative estimate of drug-likeness (QED) is 0.759. The number of rotatable bonds is 7. The summed E-state index contributed by atoms with van der Waals surface area (Å²) in [6.07, 6.45) is 3.61. The second-order valence-electron chi connectivity index (χ2n) is 5.91. The number of pyridine rings is 1. The number of aryl methyl sites for hydroxylation is 1. The fourth-order valence-corrected chi connectivity index (χ4v) is 2.32. The van der Waals surface area contributed by atoms with Gasteiger partial charge in [-0.05, 0) is 43.2 Å². The maximum Gasteiger partial charge on any atom is 0.251 e. The van der Waals surface area contributed by atoms with Crippen LogP contribution in [-0.4, -0.2) is 22.9 Å². The Morgan fingerprint density at radius 2 is 1.80 bits per heavy atom. The molecule has 1 heterocycles. The van der Waals surface area contributed by atoms with Gasteiger partial charge in [-0.2, -0.15) is 0 Å². The first-order valence-corrected chi connectivity index (χ1v) is 8.35. The molecule has 2 rings (SSSR count). The Labute approximate surface area is 146 Å². The van der Waals surface area contributed by atoms with Crippen molar-refractivity contribution in [1.29, 1.82) is 0 Å². The van der Waals surface area contributed by atoms with Gasteiger partial charge in [0.2, 0.25) is 5.91 Å². The first kappa shape index (κ1) is 18.4. The highest BCUT2D eigenvalue weighted by atomic mass is 16.2. The molecule has 2 aromatic rings. The first-order chi connectivity index (χ1) is 12.0. The molecule has 0 saturated carbocycles. The van der Waals surface area contributed by atoms with Crippen molar-refractivity contribution in [2.24, 2.45) is 0 Å². The van der Waals surface area contributed by atoms with Gasteiger partial charge in [-0.15, -0.1) is 0 Å². The van der Waals surface area contributed by atoms with E-state index < -0.39 is 0 Å². The fourth-order valence-electron chi connectivity index (χ4n) is 2.32. The lowest BCUT2D eigenvalue weighted by atomic mass is 10.2. The number of benzene rings is 1. The number of carbonyl (C=O) groups is 2. The maximum absolute atomic E-state index is 12.1.